The number of aromatic nitrogens is 2. The second-order valence-electron chi connectivity index (χ2n) is 7.86. The zero-order chi connectivity index (χ0) is 20.1. The molecule has 0 amide bonds. The molecule has 3 aromatic rings. The lowest BCUT2D eigenvalue weighted by Crippen LogP contribution is -2.43. The van der Waals surface area contributed by atoms with Gasteiger partial charge in [-0.05, 0) is 48.8 Å². The maximum Gasteiger partial charge on any atom is 0.191 e. The summed E-state index contributed by atoms with van der Waals surface area (Å²) in [6.45, 7) is 4.88. The zero-order valence-electron chi connectivity index (χ0n) is 17.2. The number of para-hydroxylation sites is 2. The molecular formula is C23H29N5S. The molecule has 0 aliphatic carbocycles. The van der Waals surface area contributed by atoms with Gasteiger partial charge >= 0.3 is 0 Å². The highest BCUT2D eigenvalue weighted by molar-refractivity contribution is 8.00. The van der Waals surface area contributed by atoms with Crippen LogP contribution in [-0.2, 0) is 13.1 Å². The lowest BCUT2D eigenvalue weighted by Gasteiger charge is -2.24. The SMILES string of the molecule is CN=C(NCc1ccc(Cn2cnc3ccccc32)cc1)NCC1(C)CCCS1. The van der Waals surface area contributed by atoms with Gasteiger partial charge in [-0.3, -0.25) is 4.99 Å². The minimum absolute atomic E-state index is 0.330. The maximum atomic E-state index is 4.47. The van der Waals surface area contributed by atoms with Gasteiger partial charge in [0, 0.05) is 31.4 Å². The smallest absolute Gasteiger partial charge is 0.191 e. The average molecular weight is 408 g/mol. The number of aliphatic imine (C=N–C) groups is 1. The molecule has 1 aliphatic heterocycles. The minimum Gasteiger partial charge on any atom is -0.355 e. The Balaban J connectivity index is 1.31. The molecule has 1 fully saturated rings. The van der Waals surface area contributed by atoms with Crippen LogP contribution in [0.25, 0.3) is 11.0 Å². The lowest BCUT2D eigenvalue weighted by molar-refractivity contribution is 0.584. The Kier molecular flexibility index (Phi) is 6.09. The Morgan fingerprint density at radius 2 is 1.93 bits per heavy atom. The first-order valence-corrected chi connectivity index (χ1v) is 11.2. The molecule has 2 heterocycles. The predicted octanol–water partition coefficient (Wildman–Crippen LogP) is 4.04. The Bertz CT molecular complexity index is 970. The normalized spacial score (nSPS) is 19.6. The van der Waals surface area contributed by atoms with Gasteiger partial charge in [0.2, 0.25) is 0 Å². The van der Waals surface area contributed by atoms with Crippen LogP contribution in [0.15, 0.2) is 59.9 Å². The van der Waals surface area contributed by atoms with Crippen molar-refractivity contribution in [3.05, 3.63) is 66.0 Å². The summed E-state index contributed by atoms with van der Waals surface area (Å²) in [6.07, 6.45) is 4.50. The largest absolute Gasteiger partial charge is 0.355 e. The van der Waals surface area contributed by atoms with Gasteiger partial charge in [0.25, 0.3) is 0 Å². The fraction of sp³-hybridized carbons (Fsp3) is 0.391. The lowest BCUT2D eigenvalue weighted by atomic mass is 10.1. The highest BCUT2D eigenvalue weighted by atomic mass is 32.2. The first-order chi connectivity index (χ1) is 14.1. The molecule has 2 N–H and O–H groups in total. The maximum absolute atomic E-state index is 4.47. The van der Waals surface area contributed by atoms with Crippen LogP contribution in [0.2, 0.25) is 0 Å². The predicted molar refractivity (Wildman–Crippen MR) is 124 cm³/mol. The van der Waals surface area contributed by atoms with Gasteiger partial charge < -0.3 is 15.2 Å². The molecule has 0 bridgehead atoms. The van der Waals surface area contributed by atoms with E-state index in [9.17, 15) is 0 Å². The number of rotatable bonds is 6. The number of nitrogens with zero attached hydrogens (tertiary/aromatic N) is 3. The molecule has 1 atom stereocenters. The van der Waals surface area contributed by atoms with Crippen molar-refractivity contribution in [3.63, 3.8) is 0 Å². The third-order valence-corrected chi connectivity index (χ3v) is 7.06. The molecule has 6 heteroatoms. The van der Waals surface area contributed by atoms with Crippen molar-refractivity contribution in [2.24, 2.45) is 4.99 Å². The van der Waals surface area contributed by atoms with E-state index in [-0.39, 0.29) is 0 Å². The molecule has 1 aliphatic rings. The van der Waals surface area contributed by atoms with Crippen LogP contribution in [0.4, 0.5) is 0 Å². The van der Waals surface area contributed by atoms with Crippen molar-refractivity contribution >= 4 is 28.8 Å². The van der Waals surface area contributed by atoms with E-state index >= 15 is 0 Å². The molecule has 1 unspecified atom stereocenters. The Morgan fingerprint density at radius 3 is 2.69 bits per heavy atom. The van der Waals surface area contributed by atoms with Crippen LogP contribution in [0.5, 0.6) is 0 Å². The van der Waals surface area contributed by atoms with Crippen molar-refractivity contribution in [1.82, 2.24) is 20.2 Å². The molecule has 0 saturated carbocycles. The number of imidazole rings is 1. The molecule has 29 heavy (non-hydrogen) atoms. The average Bonchev–Trinajstić information content (AvgIpc) is 3.36. The van der Waals surface area contributed by atoms with Crippen molar-refractivity contribution in [1.29, 1.82) is 0 Å². The second kappa shape index (κ2) is 8.91. The number of hydrogen-bond acceptors (Lipinski definition) is 3. The van der Waals surface area contributed by atoms with E-state index in [1.807, 2.05) is 25.5 Å². The molecular weight excluding hydrogens is 378 g/mol. The Labute approximate surface area is 177 Å². The van der Waals surface area contributed by atoms with Crippen LogP contribution in [0.3, 0.4) is 0 Å². The molecule has 0 radical (unpaired) electrons. The van der Waals surface area contributed by atoms with Crippen molar-refractivity contribution < 1.29 is 0 Å². The summed E-state index contributed by atoms with van der Waals surface area (Å²) < 4.78 is 2.52. The van der Waals surface area contributed by atoms with E-state index < -0.39 is 0 Å². The van der Waals surface area contributed by atoms with E-state index in [4.69, 9.17) is 0 Å². The Morgan fingerprint density at radius 1 is 1.14 bits per heavy atom. The van der Waals surface area contributed by atoms with E-state index in [1.165, 1.54) is 35.2 Å². The van der Waals surface area contributed by atoms with Crippen LogP contribution < -0.4 is 10.6 Å². The van der Waals surface area contributed by atoms with Gasteiger partial charge in [-0.1, -0.05) is 36.4 Å². The summed E-state index contributed by atoms with van der Waals surface area (Å²) in [5.74, 6) is 2.14. The van der Waals surface area contributed by atoms with Crippen molar-refractivity contribution in [3.8, 4) is 0 Å². The topological polar surface area (TPSA) is 54.2 Å². The number of guanidine groups is 1. The third kappa shape index (κ3) is 4.93. The van der Waals surface area contributed by atoms with E-state index in [0.29, 0.717) is 4.75 Å². The quantitative estimate of drug-likeness (QED) is 0.478. The van der Waals surface area contributed by atoms with Gasteiger partial charge in [-0.15, -0.1) is 0 Å². The molecule has 1 saturated heterocycles. The third-order valence-electron chi connectivity index (χ3n) is 5.52. The number of nitrogens with one attached hydrogen (secondary N) is 2. The molecule has 2 aromatic carbocycles. The number of thioether (sulfide) groups is 1. The number of fused-ring (bicyclic) bond motifs is 1. The minimum atomic E-state index is 0.330. The first-order valence-electron chi connectivity index (χ1n) is 10.2. The van der Waals surface area contributed by atoms with Gasteiger partial charge in [0.05, 0.1) is 17.4 Å². The highest BCUT2D eigenvalue weighted by Crippen LogP contribution is 2.36. The van der Waals surface area contributed by atoms with Gasteiger partial charge in [-0.2, -0.15) is 11.8 Å². The number of benzene rings is 2. The first kappa shape index (κ1) is 19.8. The highest BCUT2D eigenvalue weighted by Gasteiger charge is 2.29. The number of hydrogen-bond donors (Lipinski definition) is 2. The van der Waals surface area contributed by atoms with E-state index in [2.05, 4.69) is 80.3 Å². The molecule has 152 valence electrons. The fourth-order valence-electron chi connectivity index (χ4n) is 3.75. The summed E-state index contributed by atoms with van der Waals surface area (Å²) in [5.41, 5.74) is 4.72. The van der Waals surface area contributed by atoms with Crippen LogP contribution in [0.1, 0.15) is 30.9 Å². The monoisotopic (exact) mass is 407 g/mol. The molecule has 5 nitrogen and oxygen atoms in total. The second-order valence-corrected chi connectivity index (χ2v) is 9.54. The molecule has 1 aromatic heterocycles. The summed E-state index contributed by atoms with van der Waals surface area (Å²) in [4.78, 5) is 8.84. The summed E-state index contributed by atoms with van der Waals surface area (Å²) >= 11 is 2.06. The van der Waals surface area contributed by atoms with Crippen LogP contribution in [-0.4, -0.2) is 39.6 Å². The Hall–Kier alpha value is -2.47. The van der Waals surface area contributed by atoms with Crippen LogP contribution >= 0.6 is 11.8 Å². The standard InChI is InChI=1S/C23H29N5S/c1-23(12-5-13-29-23)16-26-22(24-2)25-14-18-8-10-19(11-9-18)15-28-17-27-20-6-3-4-7-21(20)28/h3-4,6-11,17H,5,12-16H2,1-2H3,(H2,24,25,26). The van der Waals surface area contributed by atoms with E-state index in [1.54, 1.807) is 0 Å². The van der Waals surface area contributed by atoms with Gasteiger partial charge in [0.1, 0.15) is 0 Å². The summed E-state index contributed by atoms with van der Waals surface area (Å²) in [6, 6.07) is 17.0. The van der Waals surface area contributed by atoms with Gasteiger partial charge in [-0.25, -0.2) is 4.98 Å². The summed E-state index contributed by atoms with van der Waals surface area (Å²) in [5, 5.41) is 6.92. The van der Waals surface area contributed by atoms with E-state index in [0.717, 1.165) is 31.1 Å². The van der Waals surface area contributed by atoms with Crippen LogP contribution in [0, 0.1) is 0 Å². The van der Waals surface area contributed by atoms with Gasteiger partial charge in [0.15, 0.2) is 5.96 Å². The van der Waals surface area contributed by atoms with Crippen molar-refractivity contribution in [2.75, 3.05) is 19.3 Å². The van der Waals surface area contributed by atoms with Crippen molar-refractivity contribution in [2.45, 2.75) is 37.6 Å². The fourth-order valence-corrected chi connectivity index (χ4v) is 4.99. The molecule has 4 rings (SSSR count). The summed E-state index contributed by atoms with van der Waals surface area (Å²) in [7, 11) is 1.83. The zero-order valence-corrected chi connectivity index (χ0v) is 18.0. The molecule has 0 spiro atoms.